The molecule has 0 aliphatic rings. The number of nitrogens with zero attached hydrogens (tertiary/aromatic N) is 2. The van der Waals surface area contributed by atoms with Gasteiger partial charge in [0, 0.05) is 6.54 Å². The van der Waals surface area contributed by atoms with Crippen molar-refractivity contribution in [2.45, 2.75) is 44.4 Å². The number of rotatable bonds is 8. The van der Waals surface area contributed by atoms with Crippen LogP contribution >= 0.6 is 0 Å². The van der Waals surface area contributed by atoms with Crippen LogP contribution in [0.3, 0.4) is 0 Å². The summed E-state index contributed by atoms with van der Waals surface area (Å²) in [6.45, 7) is 4.66. The Bertz CT molecular complexity index is 682. The van der Waals surface area contributed by atoms with E-state index in [0.29, 0.717) is 18.0 Å². The molecule has 1 aromatic heterocycles. The van der Waals surface area contributed by atoms with E-state index in [9.17, 15) is 8.42 Å². The summed E-state index contributed by atoms with van der Waals surface area (Å²) in [5.74, 6) is 0.356. The van der Waals surface area contributed by atoms with Gasteiger partial charge in [-0.3, -0.25) is 0 Å². The van der Waals surface area contributed by atoms with Crippen molar-refractivity contribution in [3.8, 4) is 0 Å². The number of unbranched alkanes of at least 4 members (excludes halogenated alkanes) is 1. The first-order valence-electron chi connectivity index (χ1n) is 7.29. The standard InChI is InChI=1S/C14H21N3O3S/c1-3-5-7-11(4-2)10-15-21(18,19)13-9-6-8-12-14(13)17-20-16-12/h6,8-9,11,15H,3-5,7,10H2,1-2H3/t11-/m0/s1. The van der Waals surface area contributed by atoms with Crippen LogP contribution < -0.4 is 4.72 Å². The zero-order chi connectivity index (χ0) is 15.3. The predicted octanol–water partition coefficient (Wildman–Crippen LogP) is 2.72. The molecule has 0 radical (unpaired) electrons. The number of nitrogens with one attached hydrogen (secondary N) is 1. The number of fused-ring (bicyclic) bond motifs is 1. The molecule has 0 saturated carbocycles. The number of benzene rings is 1. The van der Waals surface area contributed by atoms with Crippen molar-refractivity contribution in [3.63, 3.8) is 0 Å². The predicted molar refractivity (Wildman–Crippen MR) is 80.3 cm³/mol. The number of hydrogen-bond acceptors (Lipinski definition) is 5. The molecular formula is C14H21N3O3S. The van der Waals surface area contributed by atoms with Crippen LogP contribution in [0, 0.1) is 5.92 Å². The van der Waals surface area contributed by atoms with Gasteiger partial charge in [-0.2, -0.15) is 0 Å². The highest BCUT2D eigenvalue weighted by atomic mass is 32.2. The molecule has 0 spiro atoms. The Balaban J connectivity index is 2.13. The van der Waals surface area contributed by atoms with E-state index in [4.69, 9.17) is 0 Å². The summed E-state index contributed by atoms with van der Waals surface area (Å²) < 4.78 is 32.1. The average Bonchev–Trinajstić information content (AvgIpc) is 2.95. The molecule has 0 aliphatic carbocycles. The van der Waals surface area contributed by atoms with Crippen LogP contribution in [0.1, 0.15) is 39.5 Å². The highest BCUT2D eigenvalue weighted by Crippen LogP contribution is 2.20. The van der Waals surface area contributed by atoms with Crippen LogP contribution in [-0.4, -0.2) is 25.3 Å². The van der Waals surface area contributed by atoms with Gasteiger partial charge in [0.25, 0.3) is 0 Å². The van der Waals surface area contributed by atoms with Crippen molar-refractivity contribution in [3.05, 3.63) is 18.2 Å². The van der Waals surface area contributed by atoms with Crippen LogP contribution in [0.5, 0.6) is 0 Å². The van der Waals surface area contributed by atoms with Crippen LogP contribution in [0.15, 0.2) is 27.7 Å². The van der Waals surface area contributed by atoms with E-state index < -0.39 is 10.0 Å². The van der Waals surface area contributed by atoms with Crippen molar-refractivity contribution in [2.75, 3.05) is 6.54 Å². The maximum absolute atomic E-state index is 12.4. The summed E-state index contributed by atoms with van der Waals surface area (Å²) in [5.41, 5.74) is 0.711. The summed E-state index contributed by atoms with van der Waals surface area (Å²) >= 11 is 0. The van der Waals surface area contributed by atoms with Crippen LogP contribution in [-0.2, 0) is 10.0 Å². The molecule has 21 heavy (non-hydrogen) atoms. The van der Waals surface area contributed by atoms with E-state index in [1.165, 1.54) is 6.07 Å². The highest BCUT2D eigenvalue weighted by Gasteiger charge is 2.21. The molecule has 0 unspecified atom stereocenters. The largest absolute Gasteiger partial charge is 0.243 e. The van der Waals surface area contributed by atoms with E-state index in [1.807, 2.05) is 0 Å². The Kier molecular flexibility index (Phi) is 5.30. The van der Waals surface area contributed by atoms with Gasteiger partial charge < -0.3 is 0 Å². The normalized spacial score (nSPS) is 13.6. The molecule has 1 N–H and O–H groups in total. The third-order valence-electron chi connectivity index (χ3n) is 3.64. The second kappa shape index (κ2) is 7.00. The van der Waals surface area contributed by atoms with Crippen LogP contribution in [0.2, 0.25) is 0 Å². The summed E-state index contributed by atoms with van der Waals surface area (Å²) in [7, 11) is -3.60. The first-order valence-corrected chi connectivity index (χ1v) is 8.77. The number of hydrogen-bond donors (Lipinski definition) is 1. The first-order chi connectivity index (χ1) is 10.1. The Morgan fingerprint density at radius 3 is 2.81 bits per heavy atom. The number of sulfonamides is 1. The number of aromatic nitrogens is 2. The molecule has 0 fully saturated rings. The first kappa shape index (κ1) is 15.9. The molecule has 1 heterocycles. The maximum atomic E-state index is 12.4. The molecule has 0 aliphatic heterocycles. The van der Waals surface area contributed by atoms with Gasteiger partial charge in [-0.1, -0.05) is 39.2 Å². The lowest BCUT2D eigenvalue weighted by Gasteiger charge is -2.15. The monoisotopic (exact) mass is 311 g/mol. The third kappa shape index (κ3) is 3.79. The maximum Gasteiger partial charge on any atom is 0.242 e. The second-order valence-corrected chi connectivity index (χ2v) is 6.89. The smallest absolute Gasteiger partial charge is 0.242 e. The minimum Gasteiger partial charge on any atom is -0.243 e. The summed E-state index contributed by atoms with van der Waals surface area (Å²) in [4.78, 5) is 0.117. The fourth-order valence-electron chi connectivity index (χ4n) is 2.25. The van der Waals surface area contributed by atoms with E-state index in [1.54, 1.807) is 12.1 Å². The van der Waals surface area contributed by atoms with Crippen LogP contribution in [0.25, 0.3) is 11.0 Å². The van der Waals surface area contributed by atoms with Gasteiger partial charge in [-0.25, -0.2) is 17.8 Å². The van der Waals surface area contributed by atoms with Gasteiger partial charge in [-0.15, -0.1) is 0 Å². The molecule has 7 heteroatoms. The zero-order valence-electron chi connectivity index (χ0n) is 12.4. The summed E-state index contributed by atoms with van der Waals surface area (Å²) in [6, 6.07) is 4.82. The molecule has 2 rings (SSSR count). The van der Waals surface area contributed by atoms with Gasteiger partial charge >= 0.3 is 0 Å². The lowest BCUT2D eigenvalue weighted by molar-refractivity contribution is 0.315. The average molecular weight is 311 g/mol. The van der Waals surface area contributed by atoms with Gasteiger partial charge in [0.1, 0.15) is 10.4 Å². The van der Waals surface area contributed by atoms with Crippen molar-refractivity contribution in [2.24, 2.45) is 5.92 Å². The fraction of sp³-hybridized carbons (Fsp3) is 0.571. The lowest BCUT2D eigenvalue weighted by Crippen LogP contribution is -2.29. The van der Waals surface area contributed by atoms with Crippen molar-refractivity contribution >= 4 is 21.1 Å². The van der Waals surface area contributed by atoms with Crippen molar-refractivity contribution in [1.29, 1.82) is 0 Å². The minimum atomic E-state index is -3.60. The molecule has 1 atom stereocenters. The van der Waals surface area contributed by atoms with Crippen molar-refractivity contribution < 1.29 is 13.0 Å². The summed E-state index contributed by atoms with van der Waals surface area (Å²) in [6.07, 6.45) is 4.22. The molecule has 0 saturated heterocycles. The molecule has 1 aromatic carbocycles. The Hall–Kier alpha value is -1.47. The minimum absolute atomic E-state index is 0.117. The molecule has 0 amide bonds. The highest BCUT2D eigenvalue weighted by molar-refractivity contribution is 7.89. The Morgan fingerprint density at radius 2 is 2.10 bits per heavy atom. The molecule has 6 nitrogen and oxygen atoms in total. The van der Waals surface area contributed by atoms with Gasteiger partial charge in [0.15, 0.2) is 5.52 Å². The lowest BCUT2D eigenvalue weighted by atomic mass is 10.00. The molecule has 116 valence electrons. The molecule has 2 aromatic rings. The third-order valence-corrected chi connectivity index (χ3v) is 5.10. The van der Waals surface area contributed by atoms with E-state index in [-0.39, 0.29) is 10.4 Å². The molecule has 0 bridgehead atoms. The van der Waals surface area contributed by atoms with Crippen molar-refractivity contribution in [1.82, 2.24) is 15.0 Å². The van der Waals surface area contributed by atoms with Gasteiger partial charge in [-0.05, 0) is 34.8 Å². The van der Waals surface area contributed by atoms with E-state index in [2.05, 4.69) is 33.5 Å². The Labute approximate surface area is 124 Å². The van der Waals surface area contributed by atoms with Crippen LogP contribution in [0.4, 0.5) is 0 Å². The second-order valence-electron chi connectivity index (χ2n) is 5.16. The molecular weight excluding hydrogens is 290 g/mol. The summed E-state index contributed by atoms with van der Waals surface area (Å²) in [5, 5.41) is 7.34. The van der Waals surface area contributed by atoms with E-state index >= 15 is 0 Å². The SMILES string of the molecule is CCCC[C@H](CC)CNS(=O)(=O)c1cccc2nonc12. The quantitative estimate of drug-likeness (QED) is 0.810. The van der Waals surface area contributed by atoms with Gasteiger partial charge in [0.05, 0.1) is 0 Å². The Morgan fingerprint density at radius 1 is 1.29 bits per heavy atom. The topological polar surface area (TPSA) is 85.1 Å². The van der Waals surface area contributed by atoms with E-state index in [0.717, 1.165) is 25.7 Å². The fourth-order valence-corrected chi connectivity index (χ4v) is 3.51. The zero-order valence-corrected chi connectivity index (χ0v) is 13.2. The van der Waals surface area contributed by atoms with Gasteiger partial charge in [0.2, 0.25) is 10.0 Å².